The van der Waals surface area contributed by atoms with Crippen molar-refractivity contribution in [2.24, 2.45) is 0 Å². The molecule has 0 amide bonds. The van der Waals surface area contributed by atoms with Gasteiger partial charge in [0, 0.05) is 6.61 Å². The molecule has 156 valence electrons. The van der Waals surface area contributed by atoms with Gasteiger partial charge in [-0.1, -0.05) is 97.6 Å². The largest absolute Gasteiger partial charge is 0.417 e. The molecule has 0 radical (unpaired) electrons. The van der Waals surface area contributed by atoms with Gasteiger partial charge in [0.25, 0.3) is 0 Å². The second-order valence-electron chi connectivity index (χ2n) is 8.03. The third-order valence-electron chi connectivity index (χ3n) is 6.00. The summed E-state index contributed by atoms with van der Waals surface area (Å²) in [5.41, 5.74) is 0. The van der Waals surface area contributed by atoms with E-state index in [0.29, 0.717) is 0 Å². The van der Waals surface area contributed by atoms with E-state index >= 15 is 0 Å². The molecular formula is C24H50OSi. The topological polar surface area (TPSA) is 9.23 Å². The Morgan fingerprint density at radius 3 is 1.42 bits per heavy atom. The first kappa shape index (κ1) is 25.9. The van der Waals surface area contributed by atoms with Crippen molar-refractivity contribution in [1.29, 1.82) is 0 Å². The van der Waals surface area contributed by atoms with Gasteiger partial charge in [-0.15, -0.1) is 0 Å². The lowest BCUT2D eigenvalue weighted by Crippen LogP contribution is -2.36. The normalized spacial score (nSPS) is 12.3. The quantitative estimate of drug-likeness (QED) is 0.116. The highest BCUT2D eigenvalue weighted by molar-refractivity contribution is 6.73. The monoisotopic (exact) mass is 382 g/mol. The fourth-order valence-corrected chi connectivity index (χ4v) is 6.38. The summed E-state index contributed by atoms with van der Waals surface area (Å²) in [6.45, 7) is 10.3. The Hall–Kier alpha value is -0.0831. The van der Waals surface area contributed by atoms with Crippen LogP contribution in [-0.2, 0) is 4.43 Å². The van der Waals surface area contributed by atoms with E-state index in [1.54, 1.807) is 0 Å². The van der Waals surface area contributed by atoms with Crippen LogP contribution in [-0.4, -0.2) is 14.9 Å². The minimum atomic E-state index is -1.33. The van der Waals surface area contributed by atoms with Crippen molar-refractivity contribution in [2.75, 3.05) is 6.61 Å². The van der Waals surface area contributed by atoms with E-state index < -0.39 is 8.32 Å². The molecule has 0 N–H and O–H groups in total. The Kier molecular flexibility index (Phi) is 19.6. The Labute approximate surface area is 167 Å². The number of rotatable bonds is 20. The van der Waals surface area contributed by atoms with Crippen molar-refractivity contribution in [3.63, 3.8) is 0 Å². The predicted octanol–water partition coefficient (Wildman–Crippen LogP) is 9.05. The fourth-order valence-electron chi connectivity index (χ4n) is 3.69. The smallest absolute Gasteiger partial charge is 0.191 e. The second-order valence-corrected chi connectivity index (χ2v) is 12.8. The Balaban J connectivity index is 3.30. The van der Waals surface area contributed by atoms with Crippen molar-refractivity contribution < 1.29 is 4.43 Å². The van der Waals surface area contributed by atoms with Crippen LogP contribution in [0.5, 0.6) is 0 Å². The Bertz CT molecular complexity index is 288. The lowest BCUT2D eigenvalue weighted by atomic mass is 10.1. The van der Waals surface area contributed by atoms with E-state index in [-0.39, 0.29) is 0 Å². The third kappa shape index (κ3) is 15.0. The summed E-state index contributed by atoms with van der Waals surface area (Å²) in [4.78, 5) is 0. The summed E-state index contributed by atoms with van der Waals surface area (Å²) in [5.74, 6) is 0. The third-order valence-corrected chi connectivity index (χ3v) is 10.7. The van der Waals surface area contributed by atoms with Crippen molar-refractivity contribution in [3.05, 3.63) is 12.2 Å². The van der Waals surface area contributed by atoms with Gasteiger partial charge in [-0.25, -0.2) is 0 Å². The maximum absolute atomic E-state index is 6.33. The first-order chi connectivity index (χ1) is 12.7. The number of unbranched alkanes of at least 4 members (excludes halogenated alkanes) is 12. The molecule has 0 bridgehead atoms. The van der Waals surface area contributed by atoms with Crippen LogP contribution < -0.4 is 0 Å². The zero-order chi connectivity index (χ0) is 19.3. The van der Waals surface area contributed by atoms with Crippen LogP contribution in [0.25, 0.3) is 0 Å². The minimum Gasteiger partial charge on any atom is -0.417 e. The molecule has 0 aromatic heterocycles. The van der Waals surface area contributed by atoms with Crippen molar-refractivity contribution >= 4 is 8.32 Å². The van der Waals surface area contributed by atoms with Gasteiger partial charge >= 0.3 is 0 Å². The van der Waals surface area contributed by atoms with Crippen molar-refractivity contribution in [2.45, 2.75) is 136 Å². The second kappa shape index (κ2) is 19.7. The van der Waals surface area contributed by atoms with Gasteiger partial charge < -0.3 is 4.43 Å². The van der Waals surface area contributed by atoms with Gasteiger partial charge in [-0.2, -0.15) is 0 Å². The molecular weight excluding hydrogens is 332 g/mol. The van der Waals surface area contributed by atoms with E-state index in [0.717, 1.165) is 6.61 Å². The molecule has 0 aliphatic carbocycles. The Morgan fingerprint density at radius 2 is 0.962 bits per heavy atom. The first-order valence-electron chi connectivity index (χ1n) is 12.0. The molecule has 0 aliphatic rings. The van der Waals surface area contributed by atoms with E-state index in [4.69, 9.17) is 4.43 Å². The number of hydrogen-bond donors (Lipinski definition) is 0. The van der Waals surface area contributed by atoms with Gasteiger partial charge in [0.1, 0.15) is 0 Å². The summed E-state index contributed by atoms with van der Waals surface area (Å²) >= 11 is 0. The molecule has 0 saturated carbocycles. The SMILES string of the molecule is CCCCCCCC/C=C\CCCCCCCCO[Si](CC)(CC)CC. The molecule has 0 fully saturated rings. The molecule has 0 aliphatic heterocycles. The molecule has 0 spiro atoms. The molecule has 0 aromatic carbocycles. The molecule has 26 heavy (non-hydrogen) atoms. The van der Waals surface area contributed by atoms with Crippen LogP contribution in [0.4, 0.5) is 0 Å². The zero-order valence-corrected chi connectivity index (χ0v) is 19.8. The predicted molar refractivity (Wildman–Crippen MR) is 123 cm³/mol. The van der Waals surface area contributed by atoms with E-state index in [9.17, 15) is 0 Å². The van der Waals surface area contributed by atoms with Crippen LogP contribution >= 0.6 is 0 Å². The van der Waals surface area contributed by atoms with Gasteiger partial charge in [-0.05, 0) is 50.2 Å². The maximum atomic E-state index is 6.33. The van der Waals surface area contributed by atoms with Gasteiger partial charge in [0.15, 0.2) is 8.32 Å². The highest BCUT2D eigenvalue weighted by atomic mass is 28.4. The summed E-state index contributed by atoms with van der Waals surface area (Å²) < 4.78 is 6.33. The summed E-state index contributed by atoms with van der Waals surface area (Å²) in [6.07, 6.45) is 24.1. The highest BCUT2D eigenvalue weighted by Gasteiger charge is 2.27. The first-order valence-corrected chi connectivity index (χ1v) is 14.6. The van der Waals surface area contributed by atoms with Gasteiger partial charge in [0.2, 0.25) is 0 Å². The molecule has 1 nitrogen and oxygen atoms in total. The molecule has 0 unspecified atom stereocenters. The molecule has 0 rings (SSSR count). The molecule has 0 saturated heterocycles. The van der Waals surface area contributed by atoms with E-state index in [1.807, 2.05) is 0 Å². The van der Waals surface area contributed by atoms with Crippen molar-refractivity contribution in [3.8, 4) is 0 Å². The summed E-state index contributed by atoms with van der Waals surface area (Å²) in [5, 5.41) is 0. The van der Waals surface area contributed by atoms with Crippen LogP contribution in [0.2, 0.25) is 18.1 Å². The lowest BCUT2D eigenvalue weighted by Gasteiger charge is -2.27. The summed E-state index contributed by atoms with van der Waals surface area (Å²) in [6, 6.07) is 3.85. The average molecular weight is 383 g/mol. The molecule has 2 heteroatoms. The van der Waals surface area contributed by atoms with Crippen LogP contribution in [0.15, 0.2) is 12.2 Å². The van der Waals surface area contributed by atoms with Crippen LogP contribution in [0.3, 0.4) is 0 Å². The highest BCUT2D eigenvalue weighted by Crippen LogP contribution is 2.22. The minimum absolute atomic E-state index is 1.02. The Morgan fingerprint density at radius 1 is 0.538 bits per heavy atom. The number of hydrogen-bond acceptors (Lipinski definition) is 1. The standard InChI is InChI=1S/C24H50OSi/c1-5-9-10-11-12-13-14-15-16-17-18-19-20-21-22-23-24-25-26(6-2,7-3)8-4/h15-16H,5-14,17-24H2,1-4H3/b16-15-. The lowest BCUT2D eigenvalue weighted by molar-refractivity contribution is 0.287. The van der Waals surface area contributed by atoms with E-state index in [2.05, 4.69) is 39.8 Å². The van der Waals surface area contributed by atoms with E-state index in [1.165, 1.54) is 108 Å². The maximum Gasteiger partial charge on any atom is 0.191 e. The van der Waals surface area contributed by atoms with Crippen LogP contribution in [0, 0.1) is 0 Å². The van der Waals surface area contributed by atoms with Crippen LogP contribution in [0.1, 0.15) is 118 Å². The zero-order valence-electron chi connectivity index (χ0n) is 18.8. The molecule has 0 heterocycles. The fraction of sp³-hybridized carbons (Fsp3) is 0.917. The molecule has 0 atom stereocenters. The van der Waals surface area contributed by atoms with Crippen molar-refractivity contribution in [1.82, 2.24) is 0 Å². The average Bonchev–Trinajstić information content (AvgIpc) is 2.68. The van der Waals surface area contributed by atoms with Gasteiger partial charge in [0.05, 0.1) is 0 Å². The molecule has 0 aromatic rings. The van der Waals surface area contributed by atoms with Gasteiger partial charge in [-0.3, -0.25) is 0 Å². The number of allylic oxidation sites excluding steroid dienone is 2. The summed E-state index contributed by atoms with van der Waals surface area (Å²) in [7, 11) is -1.33.